The zero-order valence-corrected chi connectivity index (χ0v) is 64.5. The lowest BCUT2D eigenvalue weighted by molar-refractivity contribution is 0.896. The van der Waals surface area contributed by atoms with Crippen LogP contribution in [0.4, 0.5) is 0 Å². The monoisotopic (exact) mass is 1490 g/mol. The van der Waals surface area contributed by atoms with E-state index in [2.05, 4.69) is 380 Å². The molecule has 9 nitrogen and oxygen atoms in total. The van der Waals surface area contributed by atoms with Crippen LogP contribution in [-0.2, 0) is 6.42 Å². The maximum Gasteiger partial charge on any atom is 0.166 e. The van der Waals surface area contributed by atoms with Crippen molar-refractivity contribution in [3.8, 4) is 113 Å². The van der Waals surface area contributed by atoms with Crippen LogP contribution in [0.2, 0.25) is 0 Å². The Morgan fingerprint density at radius 3 is 1.01 bits per heavy atom. The molecule has 548 valence electrons. The topological polar surface area (TPSA) is 84.2 Å². The van der Waals surface area contributed by atoms with E-state index in [-0.39, 0.29) is 0 Å². The summed E-state index contributed by atoms with van der Waals surface area (Å²) in [6.45, 7) is 8.80. The third-order valence-electron chi connectivity index (χ3n) is 24.2. The highest BCUT2D eigenvalue weighted by Crippen LogP contribution is 2.48. The van der Waals surface area contributed by atoms with Crippen molar-refractivity contribution in [3.63, 3.8) is 0 Å². The largest absolute Gasteiger partial charge is 0.312 e. The predicted molar refractivity (Wildman–Crippen MR) is 480 cm³/mol. The van der Waals surface area contributed by atoms with Crippen LogP contribution in [0.1, 0.15) is 45.5 Å². The molecular weight excluding hydrogens is 1410 g/mol. The molecule has 0 fully saturated rings. The number of aromatic nitrogens is 9. The minimum Gasteiger partial charge on any atom is -0.312 e. The van der Waals surface area contributed by atoms with Crippen LogP contribution >= 0.6 is 0 Å². The number of benzene rings is 14. The number of hydrogen-bond acceptors (Lipinski definition) is 5. The minimum atomic E-state index is 0.492. The van der Waals surface area contributed by atoms with E-state index < -0.39 is 0 Å². The number of nitrogens with zero attached hydrogens (tertiary/aromatic N) is 9. The first-order valence-electron chi connectivity index (χ1n) is 39.9. The zero-order chi connectivity index (χ0) is 77.2. The fourth-order valence-electron chi connectivity index (χ4n) is 18.6. The van der Waals surface area contributed by atoms with E-state index in [1.807, 2.05) is 24.8 Å². The van der Waals surface area contributed by atoms with Gasteiger partial charge in [-0.15, -0.1) is 0 Å². The molecule has 9 heteroatoms. The van der Waals surface area contributed by atoms with Gasteiger partial charge in [-0.25, -0.2) is 15.0 Å². The van der Waals surface area contributed by atoms with Crippen LogP contribution < -0.4 is 0 Å². The Morgan fingerprint density at radius 1 is 0.233 bits per heavy atom. The molecule has 0 spiro atoms. The average Bonchev–Trinajstić information content (AvgIpc) is 1.56. The maximum atomic E-state index is 6.06. The highest BCUT2D eigenvalue weighted by molar-refractivity contribution is 6.14. The van der Waals surface area contributed by atoms with Gasteiger partial charge in [0, 0.05) is 102 Å². The molecule has 7 aromatic heterocycles. The highest BCUT2D eigenvalue weighted by Gasteiger charge is 2.29. The maximum absolute atomic E-state index is 6.06. The summed E-state index contributed by atoms with van der Waals surface area (Å²) in [5.41, 5.74) is 34.8. The molecule has 14 aromatic carbocycles. The molecule has 0 atom stereocenters. The van der Waals surface area contributed by atoms with E-state index in [0.717, 1.165) is 151 Å². The molecule has 21 aromatic rings. The van der Waals surface area contributed by atoms with Crippen molar-refractivity contribution in [2.24, 2.45) is 0 Å². The average molecular weight is 1490 g/mol. The first kappa shape index (κ1) is 67.9. The summed E-state index contributed by atoms with van der Waals surface area (Å²) in [4.78, 5) is 27.7. The van der Waals surface area contributed by atoms with Crippen molar-refractivity contribution in [1.29, 1.82) is 0 Å². The summed E-state index contributed by atoms with van der Waals surface area (Å²) in [7, 11) is 0. The standard InChI is InChI=1S/C107H75N9/c1-66-24-8-12-30-77(66)71-42-48-97-85(58-71)81-34-16-20-38-93(81)113(97)101-52-46-75(91-64-108-56-54-103(91)115-95-40-22-18-36-83(95)87-60-73(44-50-99(87)115)79-32-14-10-26-68(79)3)62-89(101)106-110-105(70-28-6-5-7-29-70)111-107(112-106)90-63-76(47-53-102(90)114-94-39-21-17-35-82(94)86-59-72(43-49-98(86)114)78-31-13-9-25-67(78)2)92-65-109-57-55-104(92)116-96-41-23-19-37-84(96)88-61-74(45-51-100(88)116)80-33-15-11-27-69(80)4/h5-44,46-50,52-65H,45,51H2,1-4H3. The number of para-hydroxylation sites is 4. The van der Waals surface area contributed by atoms with Crippen LogP contribution in [0.3, 0.4) is 0 Å². The second-order valence-electron chi connectivity index (χ2n) is 30.8. The lowest BCUT2D eigenvalue weighted by Gasteiger charge is -2.21. The Morgan fingerprint density at radius 2 is 0.569 bits per heavy atom. The summed E-state index contributed by atoms with van der Waals surface area (Å²) < 4.78 is 9.76. The van der Waals surface area contributed by atoms with Gasteiger partial charge in [-0.3, -0.25) is 9.97 Å². The van der Waals surface area contributed by atoms with Crippen LogP contribution in [0, 0.1) is 27.7 Å². The van der Waals surface area contributed by atoms with E-state index in [0.29, 0.717) is 17.5 Å². The summed E-state index contributed by atoms with van der Waals surface area (Å²) in [6, 6.07) is 119. The van der Waals surface area contributed by atoms with Crippen LogP contribution in [0.15, 0.2) is 352 Å². The Labute approximate surface area is 671 Å². The zero-order valence-electron chi connectivity index (χ0n) is 64.5. The summed E-state index contributed by atoms with van der Waals surface area (Å²) in [5, 5.41) is 8.08. The summed E-state index contributed by atoms with van der Waals surface area (Å²) in [6.07, 6.45) is 12.1. The van der Waals surface area contributed by atoms with Gasteiger partial charge in [0.1, 0.15) is 0 Å². The van der Waals surface area contributed by atoms with Gasteiger partial charge >= 0.3 is 0 Å². The van der Waals surface area contributed by atoms with E-state index in [9.17, 15) is 0 Å². The van der Waals surface area contributed by atoms with Gasteiger partial charge in [-0.1, -0.05) is 231 Å². The van der Waals surface area contributed by atoms with Gasteiger partial charge in [0.25, 0.3) is 0 Å². The van der Waals surface area contributed by atoms with E-state index >= 15 is 0 Å². The second kappa shape index (κ2) is 27.5. The molecule has 0 unspecified atom stereocenters. The first-order chi connectivity index (χ1) is 57.2. The van der Waals surface area contributed by atoms with Crippen LogP contribution in [-0.4, -0.2) is 43.2 Å². The van der Waals surface area contributed by atoms with Crippen molar-refractivity contribution >= 4 is 88.0 Å². The summed E-state index contributed by atoms with van der Waals surface area (Å²) >= 11 is 0. The molecule has 1 aliphatic rings. The Bertz CT molecular complexity index is 7650. The van der Waals surface area contributed by atoms with Gasteiger partial charge in [0.15, 0.2) is 17.5 Å². The van der Waals surface area contributed by atoms with Crippen LogP contribution in [0.25, 0.3) is 201 Å². The fourth-order valence-corrected chi connectivity index (χ4v) is 18.6. The van der Waals surface area contributed by atoms with E-state index in [4.69, 9.17) is 24.9 Å². The molecule has 1 aliphatic carbocycles. The molecule has 7 heterocycles. The molecule has 0 saturated heterocycles. The molecule has 0 saturated carbocycles. The van der Waals surface area contributed by atoms with Gasteiger partial charge in [0.2, 0.25) is 0 Å². The van der Waals surface area contributed by atoms with Gasteiger partial charge < -0.3 is 18.3 Å². The van der Waals surface area contributed by atoms with E-state index in [1.54, 1.807) is 0 Å². The molecule has 116 heavy (non-hydrogen) atoms. The van der Waals surface area contributed by atoms with Crippen molar-refractivity contribution in [2.45, 2.75) is 40.5 Å². The van der Waals surface area contributed by atoms with Gasteiger partial charge in [-0.05, 0) is 222 Å². The highest BCUT2D eigenvalue weighted by atomic mass is 15.1. The lowest BCUT2D eigenvalue weighted by atomic mass is 9.89. The molecule has 0 bridgehead atoms. The normalized spacial score (nSPS) is 12.3. The lowest BCUT2D eigenvalue weighted by Crippen LogP contribution is -2.08. The van der Waals surface area contributed by atoms with Crippen LogP contribution in [0.5, 0.6) is 0 Å². The molecule has 0 N–H and O–H groups in total. The summed E-state index contributed by atoms with van der Waals surface area (Å²) in [5.74, 6) is 1.51. The van der Waals surface area contributed by atoms with Crippen molar-refractivity contribution in [3.05, 3.63) is 391 Å². The SMILES string of the molecule is Cc1ccccc1C1=Cc2c(n(-c3ccncc3-c3ccc(-n4c5ccccc5c5cc(-c6ccccc6C)ccc54)c(-c4nc(-c5ccccc5)nc(-c5cc(-c6cnccc6-n6c7ccccc7c7cc(-c8ccccc8C)ccc76)ccc5-n5c6ccccc6c6cc(-c7ccccc7C)ccc65)n4)c3)c3ccccc23)CC1. The van der Waals surface area contributed by atoms with Crippen molar-refractivity contribution in [1.82, 2.24) is 43.2 Å². The Kier molecular flexibility index (Phi) is 16.1. The van der Waals surface area contributed by atoms with Crippen molar-refractivity contribution < 1.29 is 0 Å². The number of rotatable bonds is 13. The predicted octanol–water partition coefficient (Wildman–Crippen LogP) is 27.0. The number of aryl methyl sites for hydroxylation is 4. The number of allylic oxidation sites excluding steroid dienone is 1. The third-order valence-corrected chi connectivity index (χ3v) is 24.2. The van der Waals surface area contributed by atoms with Crippen molar-refractivity contribution in [2.75, 3.05) is 0 Å². The van der Waals surface area contributed by atoms with Gasteiger partial charge in [-0.2, -0.15) is 0 Å². The third kappa shape index (κ3) is 11.1. The number of pyridine rings is 2. The molecule has 0 amide bonds. The molecular formula is C107H75N9. The second-order valence-corrected chi connectivity index (χ2v) is 30.8. The number of hydrogen-bond donors (Lipinski definition) is 0. The Balaban J connectivity index is 0.813. The minimum absolute atomic E-state index is 0.492. The van der Waals surface area contributed by atoms with Gasteiger partial charge in [0.05, 0.1) is 61.4 Å². The molecule has 0 aliphatic heterocycles. The molecule has 22 rings (SSSR count). The first-order valence-corrected chi connectivity index (χ1v) is 39.9. The fraction of sp³-hybridized carbons (Fsp3) is 0.0561. The number of fused-ring (bicyclic) bond motifs is 12. The molecule has 0 radical (unpaired) electrons. The smallest absolute Gasteiger partial charge is 0.166 e. The van der Waals surface area contributed by atoms with E-state index in [1.165, 1.54) is 77.7 Å². The quantitative estimate of drug-likeness (QED) is 0.115. The Hall–Kier alpha value is -14.9.